The smallest absolute Gasteiger partial charge is 0.254 e. The molecule has 1 aromatic carbocycles. The lowest BCUT2D eigenvalue weighted by molar-refractivity contribution is 0.0629. The topological polar surface area (TPSA) is 45.7 Å². The van der Waals surface area contributed by atoms with Gasteiger partial charge in [-0.1, -0.05) is 18.2 Å². The Hall–Kier alpha value is -2.70. The van der Waals surface area contributed by atoms with Gasteiger partial charge in [0.15, 0.2) is 0 Å². The van der Waals surface area contributed by atoms with E-state index < -0.39 is 0 Å². The number of carbonyl (C=O) groups is 1. The number of aromatic nitrogens is 1. The maximum absolute atomic E-state index is 12.9. The minimum absolute atomic E-state index is 0.0719. The number of pyridine rings is 1. The van der Waals surface area contributed by atoms with E-state index in [-0.39, 0.29) is 5.91 Å². The van der Waals surface area contributed by atoms with Crippen molar-refractivity contribution in [2.24, 2.45) is 0 Å². The first-order valence-corrected chi connectivity index (χ1v) is 10.3. The summed E-state index contributed by atoms with van der Waals surface area (Å²) in [6.07, 6.45) is 3.52. The third-order valence-corrected chi connectivity index (χ3v) is 5.69. The summed E-state index contributed by atoms with van der Waals surface area (Å²) in [5.41, 5.74) is 1.68. The normalized spacial score (nSPS) is 14.8. The van der Waals surface area contributed by atoms with E-state index in [1.165, 1.54) is 4.88 Å². The predicted molar refractivity (Wildman–Crippen MR) is 111 cm³/mol. The molecule has 28 heavy (non-hydrogen) atoms. The van der Waals surface area contributed by atoms with E-state index in [0.29, 0.717) is 17.9 Å². The van der Waals surface area contributed by atoms with Gasteiger partial charge in [-0.2, -0.15) is 0 Å². The number of ether oxygens (including phenoxy) is 1. The fraction of sp³-hybridized carbons (Fsp3) is 0.273. The highest BCUT2D eigenvalue weighted by molar-refractivity contribution is 7.09. The second-order valence-corrected chi connectivity index (χ2v) is 7.86. The second-order valence-electron chi connectivity index (χ2n) is 6.83. The maximum Gasteiger partial charge on any atom is 0.254 e. The number of carbonyl (C=O) groups excluding carboxylic acids is 1. The fourth-order valence-electron chi connectivity index (χ4n) is 3.28. The summed E-state index contributed by atoms with van der Waals surface area (Å²) < 4.78 is 5.83. The van der Waals surface area contributed by atoms with Crippen molar-refractivity contribution in [3.05, 3.63) is 82.3 Å². The number of piperazine rings is 1. The Labute approximate surface area is 169 Å². The molecule has 1 amide bonds. The average Bonchev–Trinajstić information content (AvgIpc) is 3.26. The van der Waals surface area contributed by atoms with Gasteiger partial charge in [0, 0.05) is 61.1 Å². The van der Waals surface area contributed by atoms with Crippen LogP contribution in [0.1, 0.15) is 20.8 Å². The summed E-state index contributed by atoms with van der Waals surface area (Å²) in [6, 6.07) is 15.6. The van der Waals surface area contributed by atoms with Crippen LogP contribution in [0.4, 0.5) is 0 Å². The molecule has 144 valence electrons. The lowest BCUT2D eigenvalue weighted by Crippen LogP contribution is -2.48. The van der Waals surface area contributed by atoms with Crippen LogP contribution >= 0.6 is 11.3 Å². The van der Waals surface area contributed by atoms with Crippen molar-refractivity contribution in [1.29, 1.82) is 0 Å². The van der Waals surface area contributed by atoms with Crippen LogP contribution in [0.25, 0.3) is 0 Å². The van der Waals surface area contributed by atoms with Gasteiger partial charge in [-0.3, -0.25) is 14.7 Å². The van der Waals surface area contributed by atoms with Crippen LogP contribution in [0.2, 0.25) is 0 Å². The van der Waals surface area contributed by atoms with Crippen LogP contribution in [-0.2, 0) is 13.2 Å². The first-order chi connectivity index (χ1) is 13.8. The lowest BCUT2D eigenvalue weighted by atomic mass is 10.1. The summed E-state index contributed by atoms with van der Waals surface area (Å²) in [5, 5.41) is 2.11. The summed E-state index contributed by atoms with van der Waals surface area (Å²) in [5.74, 6) is 0.772. The molecule has 6 heteroatoms. The molecule has 1 aliphatic heterocycles. The van der Waals surface area contributed by atoms with E-state index >= 15 is 0 Å². The summed E-state index contributed by atoms with van der Waals surface area (Å²) >= 11 is 1.79. The third kappa shape index (κ3) is 4.77. The molecule has 5 nitrogen and oxygen atoms in total. The molecular formula is C22H23N3O2S. The Morgan fingerprint density at radius 1 is 1.07 bits per heavy atom. The molecule has 1 saturated heterocycles. The van der Waals surface area contributed by atoms with Crippen molar-refractivity contribution in [3.63, 3.8) is 0 Å². The van der Waals surface area contributed by atoms with Crippen molar-refractivity contribution in [2.45, 2.75) is 13.2 Å². The van der Waals surface area contributed by atoms with Crippen LogP contribution in [0.5, 0.6) is 5.75 Å². The van der Waals surface area contributed by atoms with E-state index in [0.717, 1.165) is 38.3 Å². The highest BCUT2D eigenvalue weighted by atomic mass is 32.1. The molecular weight excluding hydrogens is 370 g/mol. The number of amides is 1. The third-order valence-electron chi connectivity index (χ3n) is 4.83. The van der Waals surface area contributed by atoms with Crippen LogP contribution in [0, 0.1) is 0 Å². The quantitative estimate of drug-likeness (QED) is 0.641. The molecule has 1 aliphatic rings. The van der Waals surface area contributed by atoms with E-state index in [1.54, 1.807) is 23.7 Å². The predicted octanol–water partition coefficient (Wildman–Crippen LogP) is 3.68. The van der Waals surface area contributed by atoms with E-state index in [2.05, 4.69) is 27.4 Å². The number of thiophene rings is 1. The number of hydrogen-bond donors (Lipinski definition) is 0. The molecule has 0 atom stereocenters. The molecule has 0 aliphatic carbocycles. The molecule has 0 radical (unpaired) electrons. The van der Waals surface area contributed by atoms with Crippen molar-refractivity contribution < 1.29 is 9.53 Å². The Kier molecular flexibility index (Phi) is 5.99. The first kappa shape index (κ1) is 18.7. The second kappa shape index (κ2) is 8.99. The molecule has 0 saturated carbocycles. The van der Waals surface area contributed by atoms with Gasteiger partial charge in [0.1, 0.15) is 12.4 Å². The van der Waals surface area contributed by atoms with Gasteiger partial charge in [0.25, 0.3) is 5.91 Å². The minimum Gasteiger partial charge on any atom is -0.489 e. The average molecular weight is 394 g/mol. The Morgan fingerprint density at radius 3 is 2.71 bits per heavy atom. The van der Waals surface area contributed by atoms with E-state index in [1.807, 2.05) is 41.3 Å². The maximum atomic E-state index is 12.9. The van der Waals surface area contributed by atoms with Crippen LogP contribution in [0.15, 0.2) is 66.3 Å². The zero-order valence-corrected chi connectivity index (χ0v) is 16.5. The molecule has 4 rings (SSSR count). The summed E-state index contributed by atoms with van der Waals surface area (Å²) in [7, 11) is 0. The van der Waals surface area contributed by atoms with Gasteiger partial charge < -0.3 is 9.64 Å². The highest BCUT2D eigenvalue weighted by Gasteiger charge is 2.22. The van der Waals surface area contributed by atoms with Crippen LogP contribution < -0.4 is 4.74 Å². The van der Waals surface area contributed by atoms with Gasteiger partial charge in [-0.25, -0.2) is 0 Å². The minimum atomic E-state index is 0.0719. The monoisotopic (exact) mass is 393 g/mol. The Morgan fingerprint density at radius 2 is 1.96 bits per heavy atom. The van der Waals surface area contributed by atoms with E-state index in [4.69, 9.17) is 4.74 Å². The summed E-state index contributed by atoms with van der Waals surface area (Å²) in [6.45, 7) is 4.72. The van der Waals surface area contributed by atoms with Crippen molar-refractivity contribution in [2.75, 3.05) is 26.2 Å². The van der Waals surface area contributed by atoms with Gasteiger partial charge >= 0.3 is 0 Å². The number of hydrogen-bond acceptors (Lipinski definition) is 5. The molecule has 2 aromatic heterocycles. The first-order valence-electron chi connectivity index (χ1n) is 9.44. The zero-order valence-electron chi connectivity index (χ0n) is 15.7. The molecule has 0 bridgehead atoms. The van der Waals surface area contributed by atoms with Crippen LogP contribution in [0.3, 0.4) is 0 Å². The SMILES string of the molecule is O=C(c1cccc(OCc2cccnc2)c1)N1CCN(Cc2cccs2)CC1. The molecule has 0 N–H and O–H groups in total. The van der Waals surface area contributed by atoms with Gasteiger partial charge in [0.2, 0.25) is 0 Å². The zero-order chi connectivity index (χ0) is 19.2. The van der Waals surface area contributed by atoms with Crippen LogP contribution in [-0.4, -0.2) is 46.9 Å². The Bertz CT molecular complexity index is 891. The van der Waals surface area contributed by atoms with Crippen molar-refractivity contribution in [1.82, 2.24) is 14.8 Å². The van der Waals surface area contributed by atoms with Crippen molar-refractivity contribution in [3.8, 4) is 5.75 Å². The van der Waals surface area contributed by atoms with Crippen molar-refractivity contribution >= 4 is 17.2 Å². The standard InChI is InChI=1S/C22H23N3O2S/c26-22(25-11-9-24(10-12-25)16-21-7-3-13-28-21)19-5-1-6-20(14-19)27-17-18-4-2-8-23-15-18/h1-8,13-15H,9-12,16-17H2. The van der Waals surface area contributed by atoms with Gasteiger partial charge in [0.05, 0.1) is 0 Å². The fourth-order valence-corrected chi connectivity index (χ4v) is 4.03. The number of nitrogens with zero attached hydrogens (tertiary/aromatic N) is 3. The summed E-state index contributed by atoms with van der Waals surface area (Å²) in [4.78, 5) is 22.7. The van der Waals surface area contributed by atoms with Gasteiger partial charge in [-0.15, -0.1) is 11.3 Å². The highest BCUT2D eigenvalue weighted by Crippen LogP contribution is 2.18. The molecule has 1 fully saturated rings. The lowest BCUT2D eigenvalue weighted by Gasteiger charge is -2.34. The van der Waals surface area contributed by atoms with Gasteiger partial charge in [-0.05, 0) is 35.7 Å². The molecule has 3 heterocycles. The Balaban J connectivity index is 1.32. The molecule has 0 unspecified atom stereocenters. The van der Waals surface area contributed by atoms with E-state index in [9.17, 15) is 4.79 Å². The molecule has 3 aromatic rings. The number of benzene rings is 1. The number of rotatable bonds is 6. The largest absolute Gasteiger partial charge is 0.489 e. The molecule has 0 spiro atoms.